The Balaban J connectivity index is 0.000000858. The van der Waals surface area contributed by atoms with Crippen molar-refractivity contribution in [1.29, 1.82) is 0 Å². The highest BCUT2D eigenvalue weighted by atomic mass is 32.2. The maximum Gasteiger partial charge on any atom is 0.290 e. The first-order valence-electron chi connectivity index (χ1n) is 10.7. The molecule has 0 amide bonds. The van der Waals surface area contributed by atoms with Gasteiger partial charge in [0.15, 0.2) is 11.5 Å². The van der Waals surface area contributed by atoms with Gasteiger partial charge in [0, 0.05) is 29.9 Å². The molecule has 8 heteroatoms. The van der Waals surface area contributed by atoms with Crippen LogP contribution >= 0.6 is 11.8 Å². The summed E-state index contributed by atoms with van der Waals surface area (Å²) in [6.07, 6.45) is 6.62. The molecule has 166 valence electrons. The molecule has 1 aliphatic heterocycles. The monoisotopic (exact) mass is 441 g/mol. The minimum absolute atomic E-state index is 0.160. The topological polar surface area (TPSA) is 91.5 Å². The number of hydrogen-bond donors (Lipinski definition) is 3. The summed E-state index contributed by atoms with van der Waals surface area (Å²) < 4.78 is 2.22. The number of anilines is 1. The first kappa shape index (κ1) is 23.1. The summed E-state index contributed by atoms with van der Waals surface area (Å²) in [5, 5.41) is 15.6. The summed E-state index contributed by atoms with van der Waals surface area (Å²) in [5.41, 5.74) is 3.36. The van der Waals surface area contributed by atoms with Gasteiger partial charge in [0.2, 0.25) is 0 Å². The van der Waals surface area contributed by atoms with Crippen molar-refractivity contribution in [1.82, 2.24) is 19.7 Å². The highest BCUT2D eigenvalue weighted by Crippen LogP contribution is 2.31. The van der Waals surface area contributed by atoms with Gasteiger partial charge in [-0.25, -0.2) is 9.97 Å². The van der Waals surface area contributed by atoms with Crippen molar-refractivity contribution in [3.05, 3.63) is 54.0 Å². The van der Waals surface area contributed by atoms with Gasteiger partial charge in [0.25, 0.3) is 6.47 Å². The van der Waals surface area contributed by atoms with Crippen LogP contribution in [0.5, 0.6) is 0 Å². The number of hydrogen-bond acceptors (Lipinski definition) is 6. The predicted molar refractivity (Wildman–Crippen MR) is 126 cm³/mol. The van der Waals surface area contributed by atoms with E-state index in [1.165, 1.54) is 24.1 Å². The number of piperidine rings is 1. The van der Waals surface area contributed by atoms with E-state index in [2.05, 4.69) is 66.3 Å². The molecule has 1 aliphatic rings. The molecule has 1 saturated heterocycles. The molecule has 0 aliphatic carbocycles. The predicted octanol–water partition coefficient (Wildman–Crippen LogP) is 4.57. The first-order valence-corrected chi connectivity index (χ1v) is 11.6. The normalized spacial score (nSPS) is 17.1. The van der Waals surface area contributed by atoms with E-state index >= 15 is 0 Å². The van der Waals surface area contributed by atoms with Crippen LogP contribution in [0.25, 0.3) is 5.65 Å². The van der Waals surface area contributed by atoms with Gasteiger partial charge in [-0.1, -0.05) is 44.2 Å². The van der Waals surface area contributed by atoms with Crippen LogP contribution in [0.1, 0.15) is 56.8 Å². The van der Waals surface area contributed by atoms with E-state index in [1.807, 2.05) is 24.0 Å². The zero-order valence-corrected chi connectivity index (χ0v) is 19.1. The van der Waals surface area contributed by atoms with Crippen molar-refractivity contribution in [2.75, 3.05) is 18.4 Å². The Morgan fingerprint density at radius 1 is 1.29 bits per heavy atom. The third-order valence-electron chi connectivity index (χ3n) is 5.28. The Morgan fingerprint density at radius 3 is 2.68 bits per heavy atom. The van der Waals surface area contributed by atoms with Gasteiger partial charge < -0.3 is 15.7 Å². The van der Waals surface area contributed by atoms with E-state index in [-0.39, 0.29) is 12.5 Å². The summed E-state index contributed by atoms with van der Waals surface area (Å²) in [7, 11) is 0. The lowest BCUT2D eigenvalue weighted by Gasteiger charge is -2.22. The Morgan fingerprint density at radius 2 is 2.03 bits per heavy atom. The largest absolute Gasteiger partial charge is 0.483 e. The smallest absolute Gasteiger partial charge is 0.290 e. The second-order valence-electron chi connectivity index (χ2n) is 7.93. The van der Waals surface area contributed by atoms with Crippen LogP contribution in [-0.4, -0.2) is 44.3 Å². The quantitative estimate of drug-likeness (QED) is 0.483. The van der Waals surface area contributed by atoms with Crippen LogP contribution in [0.4, 0.5) is 5.82 Å². The minimum Gasteiger partial charge on any atom is -0.483 e. The SMILES string of the molecule is CC(C)c1cnc2c(NC(C)c3ccccc3)nc(SC3CCCNC3)cn12.O=CO. The summed E-state index contributed by atoms with van der Waals surface area (Å²) >= 11 is 1.88. The van der Waals surface area contributed by atoms with E-state index < -0.39 is 0 Å². The number of aromatic nitrogens is 3. The molecular weight excluding hydrogens is 410 g/mol. The maximum absolute atomic E-state index is 8.36. The average Bonchev–Trinajstić information content (AvgIpc) is 3.20. The highest BCUT2D eigenvalue weighted by molar-refractivity contribution is 7.99. The number of imidazole rings is 1. The molecule has 4 rings (SSSR count). The van der Waals surface area contributed by atoms with Gasteiger partial charge in [-0.05, 0) is 37.8 Å². The van der Waals surface area contributed by atoms with E-state index in [0.717, 1.165) is 29.6 Å². The third kappa shape index (κ3) is 5.98. The second-order valence-corrected chi connectivity index (χ2v) is 9.25. The number of benzene rings is 1. The van der Waals surface area contributed by atoms with E-state index in [0.29, 0.717) is 11.2 Å². The Labute approximate surface area is 187 Å². The molecule has 31 heavy (non-hydrogen) atoms. The molecule has 0 spiro atoms. The Bertz CT molecular complexity index is 971. The van der Waals surface area contributed by atoms with Crippen LogP contribution in [0.2, 0.25) is 0 Å². The third-order valence-corrected chi connectivity index (χ3v) is 6.46. The van der Waals surface area contributed by atoms with Crippen LogP contribution in [0, 0.1) is 0 Å². The zero-order chi connectivity index (χ0) is 22.2. The van der Waals surface area contributed by atoms with Crippen LogP contribution in [0.15, 0.2) is 47.8 Å². The highest BCUT2D eigenvalue weighted by Gasteiger charge is 2.19. The lowest BCUT2D eigenvalue weighted by atomic mass is 10.1. The van der Waals surface area contributed by atoms with Gasteiger partial charge in [-0.2, -0.15) is 0 Å². The lowest BCUT2D eigenvalue weighted by molar-refractivity contribution is -0.122. The van der Waals surface area contributed by atoms with E-state index in [4.69, 9.17) is 19.9 Å². The van der Waals surface area contributed by atoms with Crippen molar-refractivity contribution in [3.8, 4) is 0 Å². The number of rotatable bonds is 6. The van der Waals surface area contributed by atoms with Crippen molar-refractivity contribution >= 4 is 29.7 Å². The minimum atomic E-state index is -0.250. The van der Waals surface area contributed by atoms with E-state index in [1.54, 1.807) is 0 Å². The van der Waals surface area contributed by atoms with Gasteiger partial charge in [0.1, 0.15) is 5.03 Å². The molecule has 1 aromatic carbocycles. The maximum atomic E-state index is 8.36. The molecule has 2 aromatic heterocycles. The molecule has 3 aromatic rings. The summed E-state index contributed by atoms with van der Waals surface area (Å²) in [5.74, 6) is 1.27. The van der Waals surface area contributed by atoms with Crippen molar-refractivity contribution < 1.29 is 9.90 Å². The molecule has 1 fully saturated rings. The molecule has 2 atom stereocenters. The number of nitrogens with zero attached hydrogens (tertiary/aromatic N) is 3. The van der Waals surface area contributed by atoms with Crippen LogP contribution in [0.3, 0.4) is 0 Å². The summed E-state index contributed by atoms with van der Waals surface area (Å²) in [4.78, 5) is 18.0. The Kier molecular flexibility index (Phi) is 8.31. The fourth-order valence-corrected chi connectivity index (χ4v) is 4.82. The van der Waals surface area contributed by atoms with Gasteiger partial charge in [-0.15, -0.1) is 11.8 Å². The summed E-state index contributed by atoms with van der Waals surface area (Å²) in [6.45, 7) is 8.52. The number of fused-ring (bicyclic) bond motifs is 1. The number of carbonyl (C=O) groups is 1. The van der Waals surface area contributed by atoms with Crippen molar-refractivity contribution in [2.24, 2.45) is 0 Å². The second kappa shape index (κ2) is 11.2. The molecule has 0 bridgehead atoms. The molecule has 7 nitrogen and oxygen atoms in total. The van der Waals surface area contributed by atoms with Crippen LogP contribution < -0.4 is 10.6 Å². The molecule has 3 heterocycles. The summed E-state index contributed by atoms with van der Waals surface area (Å²) in [6, 6.07) is 10.6. The fourth-order valence-electron chi connectivity index (χ4n) is 3.69. The number of nitrogens with one attached hydrogen (secondary N) is 2. The first-order chi connectivity index (χ1) is 15.0. The average molecular weight is 442 g/mol. The molecular formula is C23H31N5O2S. The molecule has 0 saturated carbocycles. The van der Waals surface area contributed by atoms with Crippen LogP contribution in [-0.2, 0) is 4.79 Å². The molecule has 3 N–H and O–H groups in total. The van der Waals surface area contributed by atoms with Crippen molar-refractivity contribution in [3.63, 3.8) is 0 Å². The van der Waals surface area contributed by atoms with E-state index in [9.17, 15) is 0 Å². The lowest BCUT2D eigenvalue weighted by Crippen LogP contribution is -2.31. The van der Waals surface area contributed by atoms with Crippen molar-refractivity contribution in [2.45, 2.75) is 55.8 Å². The van der Waals surface area contributed by atoms with Gasteiger partial charge >= 0.3 is 0 Å². The zero-order valence-electron chi connectivity index (χ0n) is 18.3. The Hall–Kier alpha value is -2.58. The number of thioether (sulfide) groups is 1. The van der Waals surface area contributed by atoms with Gasteiger partial charge in [0.05, 0.1) is 6.04 Å². The van der Waals surface area contributed by atoms with Gasteiger partial charge in [-0.3, -0.25) is 9.20 Å². The fraction of sp³-hybridized carbons (Fsp3) is 0.435. The number of carboxylic acid groups (broad SMARTS) is 1. The molecule has 2 unspecified atom stereocenters. The standard InChI is InChI=1S/C22H29N5S.CH2O2/c1-15(2)19-13-24-22-21(25-16(3)17-8-5-4-6-9-17)26-20(14-27(19)22)28-18-10-7-11-23-12-18;2-1-3/h4-6,8-9,13-16,18,23H,7,10-12H2,1-3H3,(H,25,26);1H,(H,2,3). The molecule has 0 radical (unpaired) electrons.